The third kappa shape index (κ3) is 2.21. The molecule has 0 radical (unpaired) electrons. The number of fused-ring (bicyclic) bond motifs is 1. The van der Waals surface area contributed by atoms with Gasteiger partial charge in [0.1, 0.15) is 0 Å². The van der Waals surface area contributed by atoms with E-state index in [1.54, 1.807) is 6.33 Å². The van der Waals surface area contributed by atoms with E-state index in [-0.39, 0.29) is 11.3 Å². The van der Waals surface area contributed by atoms with Crippen molar-refractivity contribution in [1.29, 1.82) is 0 Å². The summed E-state index contributed by atoms with van der Waals surface area (Å²) in [6.07, 6.45) is 1.75. The molecule has 0 bridgehead atoms. The molecule has 0 unspecified atom stereocenters. The lowest BCUT2D eigenvalue weighted by atomic mass is 9.88. The lowest BCUT2D eigenvalue weighted by Crippen LogP contribution is -2.48. The second kappa shape index (κ2) is 4.35. The molecule has 0 saturated carbocycles. The third-order valence-electron chi connectivity index (χ3n) is 3.56. The van der Waals surface area contributed by atoms with Gasteiger partial charge in [0.2, 0.25) is 0 Å². The van der Waals surface area contributed by atoms with Gasteiger partial charge in [0, 0.05) is 24.6 Å². The number of aryl methyl sites for hydroxylation is 1. The summed E-state index contributed by atoms with van der Waals surface area (Å²) < 4.78 is 7.11. The van der Waals surface area contributed by atoms with Crippen LogP contribution in [0.25, 0.3) is 11.0 Å². The zero-order valence-corrected chi connectivity index (χ0v) is 11.1. The molecule has 5 nitrogen and oxygen atoms in total. The van der Waals surface area contributed by atoms with E-state index in [1.165, 1.54) is 0 Å². The van der Waals surface area contributed by atoms with E-state index >= 15 is 0 Å². The maximum atomic E-state index is 12.1. The van der Waals surface area contributed by atoms with Crippen molar-refractivity contribution >= 4 is 16.9 Å². The fourth-order valence-electron chi connectivity index (χ4n) is 2.23. The average Bonchev–Trinajstić information content (AvgIpc) is 2.75. The van der Waals surface area contributed by atoms with Crippen LogP contribution < -0.4 is 5.32 Å². The van der Waals surface area contributed by atoms with Crippen molar-refractivity contribution in [3.63, 3.8) is 0 Å². The fourth-order valence-corrected chi connectivity index (χ4v) is 2.23. The smallest absolute Gasteiger partial charge is 0.251 e. The van der Waals surface area contributed by atoms with Gasteiger partial charge in [-0.15, -0.1) is 0 Å². The molecule has 3 rings (SSSR count). The fraction of sp³-hybridized carbons (Fsp3) is 0.429. The van der Waals surface area contributed by atoms with Gasteiger partial charge in [-0.2, -0.15) is 0 Å². The number of carbonyl (C=O) groups is 1. The molecule has 100 valence electrons. The summed E-state index contributed by atoms with van der Waals surface area (Å²) in [5.74, 6) is -0.0549. The van der Waals surface area contributed by atoms with Crippen LogP contribution in [-0.2, 0) is 11.8 Å². The van der Waals surface area contributed by atoms with Gasteiger partial charge in [0.05, 0.1) is 30.6 Å². The minimum absolute atomic E-state index is 0.0549. The van der Waals surface area contributed by atoms with Crippen molar-refractivity contribution in [3.05, 3.63) is 30.1 Å². The largest absolute Gasteiger partial charge is 0.380 e. The van der Waals surface area contributed by atoms with Crippen molar-refractivity contribution in [2.45, 2.75) is 6.92 Å². The van der Waals surface area contributed by atoms with Gasteiger partial charge >= 0.3 is 0 Å². The molecular weight excluding hydrogens is 242 g/mol. The quantitative estimate of drug-likeness (QED) is 0.905. The van der Waals surface area contributed by atoms with Crippen molar-refractivity contribution in [1.82, 2.24) is 14.9 Å². The van der Waals surface area contributed by atoms with Gasteiger partial charge in [-0.05, 0) is 18.2 Å². The molecule has 1 aromatic carbocycles. The van der Waals surface area contributed by atoms with Crippen LogP contribution >= 0.6 is 0 Å². The topological polar surface area (TPSA) is 56.2 Å². The Morgan fingerprint density at radius 3 is 3.00 bits per heavy atom. The number of amides is 1. The number of ether oxygens (including phenoxy) is 1. The van der Waals surface area contributed by atoms with E-state index < -0.39 is 0 Å². The molecule has 1 fully saturated rings. The van der Waals surface area contributed by atoms with E-state index in [1.807, 2.05) is 29.8 Å². The molecule has 0 aliphatic carbocycles. The Hall–Kier alpha value is -1.88. The number of hydrogen-bond donors (Lipinski definition) is 1. The molecule has 1 N–H and O–H groups in total. The first-order valence-electron chi connectivity index (χ1n) is 6.34. The number of hydrogen-bond acceptors (Lipinski definition) is 3. The van der Waals surface area contributed by atoms with E-state index in [2.05, 4.69) is 17.2 Å². The molecule has 1 aromatic heterocycles. The zero-order valence-electron chi connectivity index (χ0n) is 11.1. The summed E-state index contributed by atoms with van der Waals surface area (Å²) in [5, 5.41) is 2.96. The molecule has 0 spiro atoms. The molecule has 19 heavy (non-hydrogen) atoms. The van der Waals surface area contributed by atoms with Gasteiger partial charge in [0.15, 0.2) is 0 Å². The van der Waals surface area contributed by atoms with Crippen molar-refractivity contribution < 1.29 is 9.53 Å². The van der Waals surface area contributed by atoms with Crippen molar-refractivity contribution in [2.24, 2.45) is 12.5 Å². The van der Waals surface area contributed by atoms with E-state index in [0.717, 1.165) is 11.0 Å². The van der Waals surface area contributed by atoms with Gasteiger partial charge in [-0.1, -0.05) is 6.92 Å². The van der Waals surface area contributed by atoms with Crippen LogP contribution in [0.15, 0.2) is 24.5 Å². The summed E-state index contributed by atoms with van der Waals surface area (Å²) >= 11 is 0. The number of imidazole rings is 1. The second-order valence-corrected chi connectivity index (χ2v) is 5.55. The molecule has 0 atom stereocenters. The monoisotopic (exact) mass is 259 g/mol. The number of nitrogens with one attached hydrogen (secondary N) is 1. The summed E-state index contributed by atoms with van der Waals surface area (Å²) in [4.78, 5) is 16.4. The maximum absolute atomic E-state index is 12.1. The number of carbonyl (C=O) groups excluding carboxylic acids is 1. The number of rotatable bonds is 3. The van der Waals surface area contributed by atoms with Gasteiger partial charge < -0.3 is 14.6 Å². The molecule has 1 saturated heterocycles. The molecule has 2 aromatic rings. The highest BCUT2D eigenvalue weighted by Gasteiger charge is 2.33. The highest BCUT2D eigenvalue weighted by molar-refractivity contribution is 5.97. The standard InChI is InChI=1S/C14H17N3O2/c1-14(7-19-8-14)6-15-13(18)10-3-4-12-11(5-10)16-9-17(12)2/h3-5,9H,6-8H2,1-2H3,(H,15,18). The minimum atomic E-state index is -0.0549. The first-order chi connectivity index (χ1) is 9.07. The Morgan fingerprint density at radius 1 is 1.53 bits per heavy atom. The van der Waals surface area contributed by atoms with Crippen LogP contribution in [-0.4, -0.2) is 35.2 Å². The Bertz CT molecular complexity index is 629. The lowest BCUT2D eigenvalue weighted by Gasteiger charge is -2.38. The van der Waals surface area contributed by atoms with E-state index in [0.29, 0.717) is 25.3 Å². The molecule has 2 heterocycles. The van der Waals surface area contributed by atoms with Crippen molar-refractivity contribution in [3.8, 4) is 0 Å². The van der Waals surface area contributed by atoms with Gasteiger partial charge in [0.25, 0.3) is 5.91 Å². The van der Waals surface area contributed by atoms with Crippen LogP contribution in [0.3, 0.4) is 0 Å². The number of aromatic nitrogens is 2. The Morgan fingerprint density at radius 2 is 2.32 bits per heavy atom. The molecular formula is C14H17N3O2. The third-order valence-corrected chi connectivity index (χ3v) is 3.56. The molecule has 1 aliphatic rings. The lowest BCUT2D eigenvalue weighted by molar-refractivity contribution is -0.0978. The van der Waals surface area contributed by atoms with Crippen LogP contribution in [0.1, 0.15) is 17.3 Å². The predicted octanol–water partition coefficient (Wildman–Crippen LogP) is 1.34. The zero-order chi connectivity index (χ0) is 13.5. The van der Waals surface area contributed by atoms with Crippen LogP contribution in [0.4, 0.5) is 0 Å². The Labute approximate surface area is 111 Å². The summed E-state index contributed by atoms with van der Waals surface area (Å²) in [5.41, 5.74) is 2.60. The minimum Gasteiger partial charge on any atom is -0.380 e. The summed E-state index contributed by atoms with van der Waals surface area (Å²) in [6, 6.07) is 5.58. The predicted molar refractivity (Wildman–Crippen MR) is 72.0 cm³/mol. The Kier molecular flexibility index (Phi) is 2.78. The van der Waals surface area contributed by atoms with E-state index in [4.69, 9.17) is 4.74 Å². The van der Waals surface area contributed by atoms with Gasteiger partial charge in [-0.3, -0.25) is 4.79 Å². The van der Waals surface area contributed by atoms with Crippen LogP contribution in [0, 0.1) is 5.41 Å². The first kappa shape index (κ1) is 12.2. The van der Waals surface area contributed by atoms with E-state index in [9.17, 15) is 4.79 Å². The van der Waals surface area contributed by atoms with Gasteiger partial charge in [-0.25, -0.2) is 4.98 Å². The maximum Gasteiger partial charge on any atom is 0.251 e. The second-order valence-electron chi connectivity index (χ2n) is 5.55. The average molecular weight is 259 g/mol. The summed E-state index contributed by atoms with van der Waals surface area (Å²) in [7, 11) is 1.94. The highest BCUT2D eigenvalue weighted by atomic mass is 16.5. The Balaban J connectivity index is 1.74. The normalized spacial score (nSPS) is 17.2. The van der Waals surface area contributed by atoms with Crippen LogP contribution in [0.2, 0.25) is 0 Å². The number of benzene rings is 1. The molecule has 5 heteroatoms. The van der Waals surface area contributed by atoms with Crippen LogP contribution in [0.5, 0.6) is 0 Å². The molecule has 1 aliphatic heterocycles. The summed E-state index contributed by atoms with van der Waals surface area (Å²) in [6.45, 7) is 4.18. The SMILES string of the molecule is Cn1cnc2cc(C(=O)NCC3(C)COC3)ccc21. The molecule has 1 amide bonds. The van der Waals surface area contributed by atoms with Crippen molar-refractivity contribution in [2.75, 3.05) is 19.8 Å². The first-order valence-corrected chi connectivity index (χ1v) is 6.34. The highest BCUT2D eigenvalue weighted by Crippen LogP contribution is 2.25. The number of nitrogens with zero attached hydrogens (tertiary/aromatic N) is 2.